The third kappa shape index (κ3) is 2.94. The Labute approximate surface area is 99.2 Å². The van der Waals surface area contributed by atoms with Crippen LogP contribution in [0.1, 0.15) is 18.6 Å². The van der Waals surface area contributed by atoms with Gasteiger partial charge in [0, 0.05) is 6.42 Å². The number of hydrazine groups is 1. The topological polar surface area (TPSA) is 89.0 Å². The maximum Gasteiger partial charge on any atom is 0.213 e. The van der Waals surface area contributed by atoms with Crippen molar-refractivity contribution in [3.63, 3.8) is 0 Å². The molecule has 2 aromatic heterocycles. The molecule has 0 atom stereocenters. The maximum atomic E-state index is 5.47. The summed E-state index contributed by atoms with van der Waals surface area (Å²) in [5.41, 5.74) is 2.49. The zero-order valence-corrected chi connectivity index (χ0v) is 9.60. The molecule has 6 heteroatoms. The Hall–Kier alpha value is -2.08. The van der Waals surface area contributed by atoms with Crippen molar-refractivity contribution in [2.24, 2.45) is 5.84 Å². The molecular formula is C11H15N5O. The molecule has 0 radical (unpaired) electrons. The van der Waals surface area contributed by atoms with Crippen molar-refractivity contribution in [2.45, 2.75) is 19.9 Å². The van der Waals surface area contributed by atoms with Gasteiger partial charge in [-0.15, -0.1) is 0 Å². The minimum absolute atomic E-state index is 0.501. The predicted molar refractivity (Wildman–Crippen MR) is 65.3 cm³/mol. The van der Waals surface area contributed by atoms with Crippen LogP contribution in [0.25, 0.3) is 0 Å². The fraction of sp³-hybridized carbons (Fsp3) is 0.273. The van der Waals surface area contributed by atoms with E-state index in [1.165, 1.54) is 0 Å². The van der Waals surface area contributed by atoms with Crippen LogP contribution in [0, 0.1) is 0 Å². The van der Waals surface area contributed by atoms with Gasteiger partial charge in [0.1, 0.15) is 17.4 Å². The zero-order valence-electron chi connectivity index (χ0n) is 9.60. The Kier molecular flexibility index (Phi) is 3.56. The van der Waals surface area contributed by atoms with Gasteiger partial charge in [-0.05, 0) is 12.1 Å². The van der Waals surface area contributed by atoms with Crippen molar-refractivity contribution in [2.75, 3.05) is 10.7 Å². The molecule has 0 aliphatic carbocycles. The van der Waals surface area contributed by atoms with E-state index >= 15 is 0 Å². The first-order valence-corrected chi connectivity index (χ1v) is 5.43. The first-order valence-electron chi connectivity index (χ1n) is 5.43. The average molecular weight is 233 g/mol. The van der Waals surface area contributed by atoms with Crippen molar-refractivity contribution in [1.29, 1.82) is 0 Å². The van der Waals surface area contributed by atoms with Crippen molar-refractivity contribution < 1.29 is 4.42 Å². The third-order valence-electron chi connectivity index (χ3n) is 2.27. The second-order valence-corrected chi connectivity index (χ2v) is 3.48. The lowest BCUT2D eigenvalue weighted by Crippen LogP contribution is -2.09. The van der Waals surface area contributed by atoms with Gasteiger partial charge in [0.15, 0.2) is 0 Å². The molecule has 0 saturated heterocycles. The second kappa shape index (κ2) is 5.31. The predicted octanol–water partition coefficient (Wildman–Crippen LogP) is 1.53. The molecular weight excluding hydrogens is 218 g/mol. The summed E-state index contributed by atoms with van der Waals surface area (Å²) >= 11 is 0. The fourth-order valence-corrected chi connectivity index (χ4v) is 1.37. The maximum absolute atomic E-state index is 5.47. The summed E-state index contributed by atoms with van der Waals surface area (Å²) in [7, 11) is 0. The van der Waals surface area contributed by atoms with Gasteiger partial charge in [-0.3, -0.25) is 0 Å². The molecule has 6 nitrogen and oxygen atoms in total. The summed E-state index contributed by atoms with van der Waals surface area (Å²) in [5, 5.41) is 3.11. The number of nitrogens with two attached hydrogens (primary N) is 1. The van der Waals surface area contributed by atoms with E-state index in [4.69, 9.17) is 10.3 Å². The summed E-state index contributed by atoms with van der Waals surface area (Å²) in [6.07, 6.45) is 2.58. The Morgan fingerprint density at radius 2 is 2.18 bits per heavy atom. The monoisotopic (exact) mass is 233 g/mol. The van der Waals surface area contributed by atoms with Crippen LogP contribution in [0.4, 0.5) is 11.6 Å². The largest absolute Gasteiger partial charge is 0.444 e. The van der Waals surface area contributed by atoms with E-state index in [0.717, 1.165) is 18.0 Å². The summed E-state index contributed by atoms with van der Waals surface area (Å²) < 4.78 is 5.47. The number of oxazole rings is 1. The second-order valence-electron chi connectivity index (χ2n) is 3.48. The number of pyridine rings is 1. The highest BCUT2D eigenvalue weighted by atomic mass is 16.4. The van der Waals surface area contributed by atoms with Gasteiger partial charge in [-0.25, -0.2) is 15.8 Å². The van der Waals surface area contributed by atoms with Gasteiger partial charge in [0.2, 0.25) is 5.89 Å². The van der Waals surface area contributed by atoms with Crippen LogP contribution in [0.3, 0.4) is 0 Å². The van der Waals surface area contributed by atoms with E-state index in [-0.39, 0.29) is 0 Å². The van der Waals surface area contributed by atoms with Gasteiger partial charge < -0.3 is 15.2 Å². The van der Waals surface area contributed by atoms with Gasteiger partial charge in [0.25, 0.3) is 0 Å². The van der Waals surface area contributed by atoms with Crippen molar-refractivity contribution in [3.05, 3.63) is 36.0 Å². The fourth-order valence-electron chi connectivity index (χ4n) is 1.37. The molecule has 2 rings (SSSR count). The quantitative estimate of drug-likeness (QED) is 0.536. The summed E-state index contributed by atoms with van der Waals surface area (Å²) in [5.74, 6) is 8.13. The van der Waals surface area contributed by atoms with E-state index in [9.17, 15) is 0 Å². The molecule has 0 unspecified atom stereocenters. The normalized spacial score (nSPS) is 10.2. The lowest BCUT2D eigenvalue weighted by atomic mass is 10.4. The molecule has 2 heterocycles. The molecule has 0 spiro atoms. The first kappa shape index (κ1) is 11.4. The van der Waals surface area contributed by atoms with Crippen LogP contribution >= 0.6 is 0 Å². The number of hydrogen-bond acceptors (Lipinski definition) is 6. The zero-order chi connectivity index (χ0) is 12.1. The molecule has 90 valence electrons. The average Bonchev–Trinajstić information content (AvgIpc) is 2.84. The van der Waals surface area contributed by atoms with Crippen molar-refractivity contribution in [3.8, 4) is 0 Å². The van der Waals surface area contributed by atoms with Crippen LogP contribution < -0.4 is 16.6 Å². The summed E-state index contributed by atoms with van der Waals surface area (Å²) in [6.45, 7) is 2.52. The summed E-state index contributed by atoms with van der Waals surface area (Å²) in [6, 6.07) is 5.49. The smallest absolute Gasteiger partial charge is 0.213 e. The molecule has 4 N–H and O–H groups in total. The van der Waals surface area contributed by atoms with E-state index in [0.29, 0.717) is 18.3 Å². The molecule has 0 aromatic carbocycles. The molecule has 2 aromatic rings. The van der Waals surface area contributed by atoms with E-state index < -0.39 is 0 Å². The van der Waals surface area contributed by atoms with Crippen LogP contribution in [-0.2, 0) is 13.0 Å². The molecule has 0 fully saturated rings. The van der Waals surface area contributed by atoms with Crippen LogP contribution in [0.5, 0.6) is 0 Å². The Bertz CT molecular complexity index is 482. The Morgan fingerprint density at radius 1 is 1.35 bits per heavy atom. The van der Waals surface area contributed by atoms with Crippen molar-refractivity contribution in [1.82, 2.24) is 9.97 Å². The SMILES string of the molecule is CCc1cnc(CNc2cccc(NN)n2)o1. The minimum atomic E-state index is 0.501. The lowest BCUT2D eigenvalue weighted by Gasteiger charge is -2.04. The third-order valence-corrected chi connectivity index (χ3v) is 2.27. The van der Waals surface area contributed by atoms with Gasteiger partial charge in [-0.1, -0.05) is 13.0 Å². The van der Waals surface area contributed by atoms with Crippen LogP contribution in [0.15, 0.2) is 28.8 Å². The van der Waals surface area contributed by atoms with Gasteiger partial charge in [0.05, 0.1) is 12.7 Å². The van der Waals surface area contributed by atoms with Crippen LogP contribution in [0.2, 0.25) is 0 Å². The number of nitrogen functional groups attached to an aromatic ring is 1. The standard InChI is InChI=1S/C11H15N5O/c1-2-8-6-14-11(17-8)7-13-9-4-3-5-10(15-9)16-12/h3-6H,2,7,12H2,1H3,(H2,13,15,16). The number of anilines is 2. The highest BCUT2D eigenvalue weighted by molar-refractivity contribution is 5.44. The number of hydrogen-bond donors (Lipinski definition) is 3. The number of nitrogens with zero attached hydrogens (tertiary/aromatic N) is 2. The Morgan fingerprint density at radius 3 is 2.88 bits per heavy atom. The van der Waals surface area contributed by atoms with Crippen LogP contribution in [-0.4, -0.2) is 9.97 Å². The molecule has 0 aliphatic heterocycles. The van der Waals surface area contributed by atoms with Gasteiger partial charge in [-0.2, -0.15) is 0 Å². The molecule has 0 aliphatic rings. The van der Waals surface area contributed by atoms with Gasteiger partial charge >= 0.3 is 0 Å². The van der Waals surface area contributed by atoms with Crippen molar-refractivity contribution >= 4 is 11.6 Å². The highest BCUT2D eigenvalue weighted by Crippen LogP contribution is 2.10. The number of aromatic nitrogens is 2. The van der Waals surface area contributed by atoms with E-state index in [2.05, 4.69) is 20.7 Å². The minimum Gasteiger partial charge on any atom is -0.444 e. The molecule has 0 amide bonds. The molecule has 17 heavy (non-hydrogen) atoms. The summed E-state index contributed by atoms with van der Waals surface area (Å²) in [4.78, 5) is 8.36. The Balaban J connectivity index is 1.96. The number of aryl methyl sites for hydroxylation is 1. The lowest BCUT2D eigenvalue weighted by molar-refractivity contribution is 0.465. The highest BCUT2D eigenvalue weighted by Gasteiger charge is 2.02. The first-order chi connectivity index (χ1) is 8.31. The number of nitrogens with one attached hydrogen (secondary N) is 2. The molecule has 0 bridgehead atoms. The number of rotatable bonds is 5. The molecule has 0 saturated carbocycles. The van der Waals surface area contributed by atoms with E-state index in [1.807, 2.05) is 19.1 Å². The van der Waals surface area contributed by atoms with E-state index in [1.54, 1.807) is 12.3 Å².